The zero-order valence-corrected chi connectivity index (χ0v) is 10.7. The summed E-state index contributed by atoms with van der Waals surface area (Å²) in [6.45, 7) is 1.63. The number of nitro benzene ring substituents is 1. The lowest BCUT2D eigenvalue weighted by molar-refractivity contribution is -0.384. The number of nitrogens with one attached hydrogen (secondary N) is 2. The van der Waals surface area contributed by atoms with Crippen LogP contribution < -0.4 is 10.6 Å². The van der Waals surface area contributed by atoms with Crippen molar-refractivity contribution < 1.29 is 4.92 Å². The summed E-state index contributed by atoms with van der Waals surface area (Å²) in [6, 6.07) is 5.24. The van der Waals surface area contributed by atoms with Crippen LogP contribution in [0, 0.1) is 10.1 Å². The standard InChI is InChI=1S/C12H16ClN3O2/c13-9-2-5-12(16(17)18)11(8-9)15-7-1-6-14-10-3-4-10/h2,5,8,10,14-15H,1,3-4,6-7H2. The molecular formula is C12H16ClN3O2. The Morgan fingerprint density at radius 2 is 2.17 bits per heavy atom. The molecule has 0 radical (unpaired) electrons. The Hall–Kier alpha value is -1.33. The van der Waals surface area contributed by atoms with Gasteiger partial charge in [-0.1, -0.05) is 11.6 Å². The molecule has 0 heterocycles. The average molecular weight is 270 g/mol. The molecule has 1 fully saturated rings. The zero-order chi connectivity index (χ0) is 13.0. The first-order valence-electron chi connectivity index (χ1n) is 6.08. The number of halogens is 1. The monoisotopic (exact) mass is 269 g/mol. The first-order chi connectivity index (χ1) is 8.66. The van der Waals surface area contributed by atoms with Gasteiger partial charge in [0, 0.05) is 23.7 Å². The second-order valence-electron chi connectivity index (χ2n) is 4.43. The smallest absolute Gasteiger partial charge is 0.292 e. The van der Waals surface area contributed by atoms with Crippen LogP contribution in [-0.4, -0.2) is 24.1 Å². The molecule has 98 valence electrons. The van der Waals surface area contributed by atoms with E-state index in [-0.39, 0.29) is 5.69 Å². The summed E-state index contributed by atoms with van der Waals surface area (Å²) in [6.07, 6.45) is 3.47. The summed E-state index contributed by atoms with van der Waals surface area (Å²) in [4.78, 5) is 10.4. The van der Waals surface area contributed by atoms with E-state index in [0.29, 0.717) is 23.3 Å². The fraction of sp³-hybridized carbons (Fsp3) is 0.500. The van der Waals surface area contributed by atoms with Gasteiger partial charge in [0.2, 0.25) is 0 Å². The predicted octanol–water partition coefficient (Wildman–Crippen LogP) is 2.80. The van der Waals surface area contributed by atoms with Gasteiger partial charge in [-0.15, -0.1) is 0 Å². The van der Waals surface area contributed by atoms with E-state index in [1.54, 1.807) is 6.07 Å². The largest absolute Gasteiger partial charge is 0.379 e. The van der Waals surface area contributed by atoms with Gasteiger partial charge in [0.25, 0.3) is 5.69 Å². The van der Waals surface area contributed by atoms with E-state index in [0.717, 1.165) is 13.0 Å². The molecular weight excluding hydrogens is 254 g/mol. The fourth-order valence-corrected chi connectivity index (χ4v) is 1.89. The van der Waals surface area contributed by atoms with E-state index in [9.17, 15) is 10.1 Å². The summed E-state index contributed by atoms with van der Waals surface area (Å²) in [7, 11) is 0. The lowest BCUT2D eigenvalue weighted by atomic mass is 10.2. The Labute approximate surface area is 111 Å². The van der Waals surface area contributed by atoms with Crippen molar-refractivity contribution in [3.8, 4) is 0 Å². The Balaban J connectivity index is 1.82. The number of nitrogens with zero attached hydrogens (tertiary/aromatic N) is 1. The predicted molar refractivity (Wildman–Crippen MR) is 72.2 cm³/mol. The molecule has 0 unspecified atom stereocenters. The lowest BCUT2D eigenvalue weighted by Crippen LogP contribution is -2.20. The zero-order valence-electron chi connectivity index (χ0n) is 9.99. The molecule has 0 aromatic heterocycles. The number of benzene rings is 1. The molecule has 5 nitrogen and oxygen atoms in total. The Morgan fingerprint density at radius 3 is 2.83 bits per heavy atom. The van der Waals surface area contributed by atoms with E-state index in [1.807, 2.05) is 0 Å². The molecule has 1 saturated carbocycles. The van der Waals surface area contributed by atoms with Crippen LogP contribution in [0.1, 0.15) is 19.3 Å². The Morgan fingerprint density at radius 1 is 1.39 bits per heavy atom. The van der Waals surface area contributed by atoms with Crippen LogP contribution in [0.25, 0.3) is 0 Å². The van der Waals surface area contributed by atoms with Gasteiger partial charge in [-0.3, -0.25) is 10.1 Å². The average Bonchev–Trinajstić information content (AvgIpc) is 3.12. The summed E-state index contributed by atoms with van der Waals surface area (Å²) in [5.74, 6) is 0. The van der Waals surface area contributed by atoms with Crippen molar-refractivity contribution in [1.82, 2.24) is 5.32 Å². The highest BCUT2D eigenvalue weighted by atomic mass is 35.5. The van der Waals surface area contributed by atoms with Gasteiger partial charge in [0.1, 0.15) is 5.69 Å². The van der Waals surface area contributed by atoms with Gasteiger partial charge in [-0.05, 0) is 37.9 Å². The van der Waals surface area contributed by atoms with Crippen LogP contribution in [0.15, 0.2) is 18.2 Å². The normalized spacial score (nSPS) is 14.5. The summed E-state index contributed by atoms with van der Waals surface area (Å²) >= 11 is 5.84. The van der Waals surface area contributed by atoms with Gasteiger partial charge >= 0.3 is 0 Å². The van der Waals surface area contributed by atoms with Crippen LogP contribution in [0.5, 0.6) is 0 Å². The molecule has 0 aliphatic heterocycles. The number of rotatable bonds is 7. The molecule has 2 rings (SSSR count). The highest BCUT2D eigenvalue weighted by molar-refractivity contribution is 6.31. The molecule has 0 saturated heterocycles. The molecule has 0 amide bonds. The maximum Gasteiger partial charge on any atom is 0.292 e. The maximum absolute atomic E-state index is 10.8. The first-order valence-corrected chi connectivity index (χ1v) is 6.46. The summed E-state index contributed by atoms with van der Waals surface area (Å²) < 4.78 is 0. The molecule has 1 aromatic rings. The van der Waals surface area contributed by atoms with Crippen LogP contribution in [0.3, 0.4) is 0 Å². The van der Waals surface area contributed by atoms with Gasteiger partial charge < -0.3 is 10.6 Å². The lowest BCUT2D eigenvalue weighted by Gasteiger charge is -2.08. The van der Waals surface area contributed by atoms with Crippen LogP contribution >= 0.6 is 11.6 Å². The molecule has 18 heavy (non-hydrogen) atoms. The topological polar surface area (TPSA) is 67.2 Å². The van der Waals surface area contributed by atoms with Crippen molar-refractivity contribution in [1.29, 1.82) is 0 Å². The third kappa shape index (κ3) is 3.85. The number of hydrogen-bond donors (Lipinski definition) is 2. The van der Waals surface area contributed by atoms with Crippen molar-refractivity contribution >= 4 is 23.0 Å². The quantitative estimate of drug-likeness (QED) is 0.454. The van der Waals surface area contributed by atoms with E-state index < -0.39 is 4.92 Å². The van der Waals surface area contributed by atoms with Gasteiger partial charge in [0.15, 0.2) is 0 Å². The Bertz CT molecular complexity index is 435. The van der Waals surface area contributed by atoms with E-state index in [4.69, 9.17) is 11.6 Å². The van der Waals surface area contributed by atoms with Gasteiger partial charge in [-0.2, -0.15) is 0 Å². The Kier molecular flexibility index (Phi) is 4.38. The molecule has 0 spiro atoms. The molecule has 1 aliphatic rings. The second-order valence-corrected chi connectivity index (χ2v) is 4.86. The highest BCUT2D eigenvalue weighted by Crippen LogP contribution is 2.27. The van der Waals surface area contributed by atoms with Gasteiger partial charge in [-0.25, -0.2) is 0 Å². The van der Waals surface area contributed by atoms with Crippen LogP contribution in [-0.2, 0) is 0 Å². The van der Waals surface area contributed by atoms with Crippen LogP contribution in [0.4, 0.5) is 11.4 Å². The van der Waals surface area contributed by atoms with Crippen molar-refractivity contribution in [2.24, 2.45) is 0 Å². The second kappa shape index (κ2) is 6.02. The van der Waals surface area contributed by atoms with Crippen LogP contribution in [0.2, 0.25) is 5.02 Å². The maximum atomic E-state index is 10.8. The third-order valence-electron chi connectivity index (χ3n) is 2.83. The minimum Gasteiger partial charge on any atom is -0.379 e. The van der Waals surface area contributed by atoms with Gasteiger partial charge in [0.05, 0.1) is 4.92 Å². The number of hydrogen-bond acceptors (Lipinski definition) is 4. The van der Waals surface area contributed by atoms with Crippen molar-refractivity contribution in [2.45, 2.75) is 25.3 Å². The molecule has 1 aromatic carbocycles. The molecule has 0 atom stereocenters. The van der Waals surface area contributed by atoms with E-state index >= 15 is 0 Å². The third-order valence-corrected chi connectivity index (χ3v) is 3.07. The summed E-state index contributed by atoms with van der Waals surface area (Å²) in [5, 5.41) is 17.8. The number of anilines is 1. The SMILES string of the molecule is O=[N+]([O-])c1ccc(Cl)cc1NCCCNC1CC1. The molecule has 0 bridgehead atoms. The van der Waals surface area contributed by atoms with Crippen molar-refractivity contribution in [3.05, 3.63) is 33.3 Å². The first kappa shape index (κ1) is 13.1. The molecule has 2 N–H and O–H groups in total. The van der Waals surface area contributed by atoms with Crippen molar-refractivity contribution in [3.63, 3.8) is 0 Å². The minimum atomic E-state index is -0.402. The summed E-state index contributed by atoms with van der Waals surface area (Å²) in [5.41, 5.74) is 0.550. The van der Waals surface area contributed by atoms with Crippen molar-refractivity contribution in [2.75, 3.05) is 18.4 Å². The van der Waals surface area contributed by atoms with E-state index in [2.05, 4.69) is 10.6 Å². The minimum absolute atomic E-state index is 0.0644. The molecule has 6 heteroatoms. The highest BCUT2D eigenvalue weighted by Gasteiger charge is 2.19. The fourth-order valence-electron chi connectivity index (χ4n) is 1.71. The van der Waals surface area contributed by atoms with E-state index in [1.165, 1.54) is 25.0 Å². The molecule has 1 aliphatic carbocycles. The number of nitro groups is 1.